The fraction of sp³-hybridized carbons (Fsp3) is 0.235. The Morgan fingerprint density at radius 2 is 1.75 bits per heavy atom. The van der Waals surface area contributed by atoms with Gasteiger partial charge >= 0.3 is 6.16 Å². The normalized spacial score (nSPS) is 10.7. The van der Waals surface area contributed by atoms with E-state index in [0.29, 0.717) is 15.2 Å². The number of phenolic OH excluding ortho intramolecular Hbond substituents is 1. The van der Waals surface area contributed by atoms with Gasteiger partial charge in [-0.05, 0) is 51.3 Å². The fourth-order valence-corrected chi connectivity index (χ4v) is 2.81. The molecule has 0 bridgehead atoms. The molecule has 2 rings (SSSR count). The van der Waals surface area contributed by atoms with Crippen LogP contribution in [0.15, 0.2) is 40.9 Å². The molecule has 0 fully saturated rings. The second kappa shape index (κ2) is 8.37. The number of carbonyl (C=O) groups is 1. The van der Waals surface area contributed by atoms with E-state index >= 15 is 0 Å². The number of phenols is 1. The predicted molar refractivity (Wildman–Crippen MR) is 92.4 cm³/mol. The van der Waals surface area contributed by atoms with Crippen LogP contribution in [0.1, 0.15) is 25.0 Å². The Labute approximate surface area is 168 Å². The molecular formula is C17H16BrClO4W. The molecule has 2 aromatic rings. The summed E-state index contributed by atoms with van der Waals surface area (Å²) in [5.74, 6) is 0.425. The Hall–Kier alpha value is -1.03. The summed E-state index contributed by atoms with van der Waals surface area (Å²) in [7, 11) is 1.25. The molecule has 4 nitrogen and oxygen atoms in total. The zero-order valence-corrected chi connectivity index (χ0v) is 18.6. The minimum absolute atomic E-state index is 0. The topological polar surface area (TPSA) is 55.8 Å². The molecule has 0 spiro atoms. The second-order valence-electron chi connectivity index (χ2n) is 5.49. The monoisotopic (exact) mass is 582 g/mol. The molecule has 24 heavy (non-hydrogen) atoms. The average molecular weight is 584 g/mol. The Kier molecular flexibility index (Phi) is 7.33. The van der Waals surface area contributed by atoms with Gasteiger partial charge in [-0.15, -0.1) is 0 Å². The first-order valence-corrected chi connectivity index (χ1v) is 7.97. The number of benzene rings is 2. The van der Waals surface area contributed by atoms with Crippen LogP contribution in [-0.4, -0.2) is 18.4 Å². The van der Waals surface area contributed by atoms with Crippen LogP contribution in [0, 0.1) is 0 Å². The van der Waals surface area contributed by atoms with E-state index in [1.54, 1.807) is 18.2 Å². The minimum atomic E-state index is -0.775. The summed E-state index contributed by atoms with van der Waals surface area (Å²) in [6, 6.07) is 10.6. The summed E-state index contributed by atoms with van der Waals surface area (Å²) in [4.78, 5) is 11.2. The molecule has 0 aromatic heterocycles. The van der Waals surface area contributed by atoms with E-state index < -0.39 is 6.16 Å². The number of hydrogen-bond donors (Lipinski definition) is 1. The van der Waals surface area contributed by atoms with Crippen LogP contribution in [-0.2, 0) is 31.2 Å². The van der Waals surface area contributed by atoms with E-state index in [9.17, 15) is 9.90 Å². The van der Waals surface area contributed by atoms with Crippen LogP contribution in [0.5, 0.6) is 11.5 Å². The minimum Gasteiger partial charge on any atom is -0.506 e. The molecule has 0 atom stereocenters. The zero-order valence-electron chi connectivity index (χ0n) is 13.3. The Morgan fingerprint density at radius 1 is 1.17 bits per heavy atom. The SMILES string of the molecule is COC(=O)Oc1ccc(C(C)(C)c2ccc(O)c(Cl)c2)cc1Br.[W]. The zero-order chi connectivity index (χ0) is 17.2. The van der Waals surface area contributed by atoms with Gasteiger partial charge in [-0.3, -0.25) is 0 Å². The van der Waals surface area contributed by atoms with Gasteiger partial charge in [0.05, 0.1) is 16.6 Å². The molecule has 2 aromatic carbocycles. The first-order valence-electron chi connectivity index (χ1n) is 6.80. The summed E-state index contributed by atoms with van der Waals surface area (Å²) in [5.41, 5.74) is 1.58. The Bertz CT molecular complexity index is 749. The number of ether oxygens (including phenoxy) is 2. The van der Waals surface area contributed by atoms with E-state index in [2.05, 4.69) is 20.7 Å². The van der Waals surface area contributed by atoms with Gasteiger partial charge in [-0.2, -0.15) is 0 Å². The quantitative estimate of drug-likeness (QED) is 0.395. The van der Waals surface area contributed by atoms with Gasteiger partial charge in [-0.25, -0.2) is 4.79 Å². The third-order valence-corrected chi connectivity index (χ3v) is 4.61. The molecule has 0 amide bonds. The van der Waals surface area contributed by atoms with Crippen LogP contribution >= 0.6 is 27.5 Å². The maximum Gasteiger partial charge on any atom is 0.513 e. The van der Waals surface area contributed by atoms with Gasteiger partial charge in [0.1, 0.15) is 11.5 Å². The molecule has 0 heterocycles. The molecule has 1 N–H and O–H groups in total. The van der Waals surface area contributed by atoms with E-state index in [1.807, 2.05) is 32.0 Å². The number of rotatable bonds is 3. The Balaban J connectivity index is 0.00000288. The summed E-state index contributed by atoms with van der Waals surface area (Å²) in [5, 5.41) is 9.87. The third kappa shape index (κ3) is 4.53. The first kappa shape index (κ1) is 21.0. The summed E-state index contributed by atoms with van der Waals surface area (Å²) < 4.78 is 10.2. The molecule has 7 heteroatoms. The first-order chi connectivity index (χ1) is 10.8. The molecule has 0 aliphatic carbocycles. The standard InChI is InChI=1S/C17H16BrClO4.W/c1-17(2,11-4-6-14(20)13(19)9-11)10-5-7-15(12(18)8-10)23-16(21)22-3;/h4-9,20H,1-3H3;. The molecule has 0 unspecified atom stereocenters. The van der Waals surface area contributed by atoms with Crippen LogP contribution in [0.25, 0.3) is 0 Å². The van der Waals surface area contributed by atoms with Crippen molar-refractivity contribution in [2.45, 2.75) is 19.3 Å². The molecule has 128 valence electrons. The summed E-state index contributed by atoms with van der Waals surface area (Å²) in [6.07, 6.45) is -0.775. The number of carbonyl (C=O) groups excluding carboxylic acids is 1. The smallest absolute Gasteiger partial charge is 0.506 e. The number of halogens is 2. The average Bonchev–Trinajstić information content (AvgIpc) is 2.51. The van der Waals surface area contributed by atoms with Gasteiger partial charge in [0.2, 0.25) is 0 Å². The molecule has 0 radical (unpaired) electrons. The van der Waals surface area contributed by atoms with Crippen molar-refractivity contribution in [1.82, 2.24) is 0 Å². The number of hydrogen-bond acceptors (Lipinski definition) is 4. The van der Waals surface area contributed by atoms with Crippen molar-refractivity contribution in [2.24, 2.45) is 0 Å². The van der Waals surface area contributed by atoms with Gasteiger partial charge in [-0.1, -0.05) is 37.6 Å². The van der Waals surface area contributed by atoms with Gasteiger partial charge in [0.15, 0.2) is 0 Å². The van der Waals surface area contributed by atoms with Crippen molar-refractivity contribution in [3.05, 3.63) is 57.0 Å². The predicted octanol–water partition coefficient (Wildman–Crippen LogP) is 5.28. The molecule has 0 aliphatic rings. The molecule has 0 aliphatic heterocycles. The fourth-order valence-electron chi connectivity index (χ4n) is 2.17. The van der Waals surface area contributed by atoms with E-state index in [-0.39, 0.29) is 32.2 Å². The summed E-state index contributed by atoms with van der Waals surface area (Å²) >= 11 is 9.40. The van der Waals surface area contributed by atoms with Crippen molar-refractivity contribution in [3.63, 3.8) is 0 Å². The van der Waals surface area contributed by atoms with E-state index in [4.69, 9.17) is 16.3 Å². The molecular weight excluding hydrogens is 567 g/mol. The van der Waals surface area contributed by atoms with Crippen LogP contribution in [0.3, 0.4) is 0 Å². The van der Waals surface area contributed by atoms with Gasteiger partial charge < -0.3 is 14.6 Å². The second-order valence-corrected chi connectivity index (χ2v) is 6.75. The van der Waals surface area contributed by atoms with Crippen molar-refractivity contribution in [2.75, 3.05) is 7.11 Å². The van der Waals surface area contributed by atoms with Crippen molar-refractivity contribution < 1.29 is 40.4 Å². The maximum absolute atomic E-state index is 11.2. The van der Waals surface area contributed by atoms with Crippen LogP contribution in [0.4, 0.5) is 4.79 Å². The van der Waals surface area contributed by atoms with Crippen molar-refractivity contribution in [1.29, 1.82) is 0 Å². The van der Waals surface area contributed by atoms with Gasteiger partial charge in [0.25, 0.3) is 0 Å². The van der Waals surface area contributed by atoms with Crippen LogP contribution < -0.4 is 4.74 Å². The Morgan fingerprint density at radius 3 is 2.29 bits per heavy atom. The third-order valence-electron chi connectivity index (χ3n) is 3.68. The van der Waals surface area contributed by atoms with E-state index in [0.717, 1.165) is 11.1 Å². The number of methoxy groups -OCH3 is 1. The molecule has 0 saturated carbocycles. The van der Waals surface area contributed by atoms with Crippen molar-refractivity contribution in [3.8, 4) is 11.5 Å². The largest absolute Gasteiger partial charge is 0.513 e. The van der Waals surface area contributed by atoms with E-state index in [1.165, 1.54) is 7.11 Å². The maximum atomic E-state index is 11.2. The number of aromatic hydroxyl groups is 1. The van der Waals surface area contributed by atoms with Crippen LogP contribution in [0.2, 0.25) is 5.02 Å². The van der Waals surface area contributed by atoms with Crippen molar-refractivity contribution >= 4 is 33.7 Å². The molecule has 0 saturated heterocycles. The van der Waals surface area contributed by atoms with Gasteiger partial charge in [0, 0.05) is 26.5 Å². The summed E-state index contributed by atoms with van der Waals surface area (Å²) in [6.45, 7) is 4.08.